The average Bonchev–Trinajstić information content (AvgIpc) is 2.94. The van der Waals surface area contributed by atoms with Gasteiger partial charge in [0, 0.05) is 5.02 Å². The standard InChI is InChI=1S/C17H11Cl3N4O/c18-9-16-22-21-15-8-17(25)23(12-4-2-1-3-11(12)20)14-7-10(19)5-6-13(14)24(15)16/h1-7H,8-9H2. The lowest BCUT2D eigenvalue weighted by atomic mass is 10.2. The lowest BCUT2D eigenvalue weighted by Gasteiger charge is -2.24. The first kappa shape index (κ1) is 16.4. The van der Waals surface area contributed by atoms with E-state index in [4.69, 9.17) is 34.8 Å². The number of rotatable bonds is 2. The highest BCUT2D eigenvalue weighted by Crippen LogP contribution is 2.39. The second-order valence-corrected chi connectivity index (χ2v) is 6.60. The number of benzene rings is 2. The summed E-state index contributed by atoms with van der Waals surface area (Å²) in [7, 11) is 0. The Kier molecular flexibility index (Phi) is 4.15. The molecule has 0 unspecified atom stereocenters. The molecule has 25 heavy (non-hydrogen) atoms. The molecule has 8 heteroatoms. The van der Waals surface area contributed by atoms with E-state index in [0.29, 0.717) is 33.1 Å². The summed E-state index contributed by atoms with van der Waals surface area (Å²) in [5.74, 6) is 1.09. The van der Waals surface area contributed by atoms with Crippen LogP contribution in [0.3, 0.4) is 0 Å². The largest absolute Gasteiger partial charge is 0.279 e. The number of nitrogens with zero attached hydrogens (tertiary/aromatic N) is 4. The minimum absolute atomic E-state index is 0.0708. The van der Waals surface area contributed by atoms with E-state index in [1.54, 1.807) is 33.7 Å². The van der Waals surface area contributed by atoms with Crippen LogP contribution < -0.4 is 4.90 Å². The van der Waals surface area contributed by atoms with Crippen LogP contribution in [0.4, 0.5) is 11.4 Å². The minimum Gasteiger partial charge on any atom is -0.279 e. The summed E-state index contributed by atoms with van der Waals surface area (Å²) >= 11 is 18.6. The van der Waals surface area contributed by atoms with Crippen molar-refractivity contribution in [2.24, 2.45) is 0 Å². The van der Waals surface area contributed by atoms with Crippen molar-refractivity contribution in [3.63, 3.8) is 0 Å². The van der Waals surface area contributed by atoms with Crippen LogP contribution in [-0.4, -0.2) is 20.7 Å². The molecule has 2 aromatic carbocycles. The SMILES string of the molecule is O=C1Cc2nnc(CCl)n2-c2ccc(Cl)cc2N1c1ccccc1Cl. The van der Waals surface area contributed by atoms with Crippen LogP contribution in [0.25, 0.3) is 5.69 Å². The van der Waals surface area contributed by atoms with Gasteiger partial charge in [0.05, 0.1) is 34.4 Å². The highest BCUT2D eigenvalue weighted by molar-refractivity contribution is 6.34. The van der Waals surface area contributed by atoms with Crippen molar-refractivity contribution >= 4 is 52.1 Å². The van der Waals surface area contributed by atoms with Crippen molar-refractivity contribution in [3.8, 4) is 5.69 Å². The predicted octanol–water partition coefficient (Wildman–Crippen LogP) is 4.53. The van der Waals surface area contributed by atoms with Crippen LogP contribution in [-0.2, 0) is 17.1 Å². The Labute approximate surface area is 158 Å². The third-order valence-corrected chi connectivity index (χ3v) is 4.78. The maximum atomic E-state index is 13.0. The zero-order valence-electron chi connectivity index (χ0n) is 12.8. The Morgan fingerprint density at radius 3 is 2.56 bits per heavy atom. The number of carbonyl (C=O) groups is 1. The molecule has 1 aliphatic rings. The van der Waals surface area contributed by atoms with E-state index >= 15 is 0 Å². The molecule has 1 amide bonds. The molecule has 3 aromatic rings. The molecule has 0 atom stereocenters. The number of hydrogen-bond donors (Lipinski definition) is 0. The highest BCUT2D eigenvalue weighted by atomic mass is 35.5. The van der Waals surface area contributed by atoms with Gasteiger partial charge >= 0.3 is 0 Å². The number of carbonyl (C=O) groups excluding carboxylic acids is 1. The third kappa shape index (κ3) is 2.68. The molecule has 4 rings (SSSR count). The molecule has 0 bridgehead atoms. The molecule has 5 nitrogen and oxygen atoms in total. The summed E-state index contributed by atoms with van der Waals surface area (Å²) in [4.78, 5) is 14.6. The molecule has 2 heterocycles. The predicted molar refractivity (Wildman–Crippen MR) is 98.2 cm³/mol. The smallest absolute Gasteiger partial charge is 0.239 e. The Morgan fingerprint density at radius 2 is 1.80 bits per heavy atom. The van der Waals surface area contributed by atoms with Gasteiger partial charge in [-0.2, -0.15) is 0 Å². The van der Waals surface area contributed by atoms with Gasteiger partial charge in [0.25, 0.3) is 0 Å². The van der Waals surface area contributed by atoms with Crippen molar-refractivity contribution in [2.75, 3.05) is 4.90 Å². The van der Waals surface area contributed by atoms with E-state index in [1.165, 1.54) is 0 Å². The quantitative estimate of drug-likeness (QED) is 0.601. The van der Waals surface area contributed by atoms with Crippen LogP contribution in [0.2, 0.25) is 10.0 Å². The van der Waals surface area contributed by atoms with Gasteiger partial charge in [0.2, 0.25) is 5.91 Å². The second-order valence-electron chi connectivity index (χ2n) is 5.49. The van der Waals surface area contributed by atoms with E-state index in [9.17, 15) is 4.79 Å². The van der Waals surface area contributed by atoms with Gasteiger partial charge in [-0.15, -0.1) is 21.8 Å². The molecule has 126 valence electrons. The fraction of sp³-hybridized carbons (Fsp3) is 0.118. The number of fused-ring (bicyclic) bond motifs is 3. The van der Waals surface area contributed by atoms with Crippen molar-refractivity contribution in [2.45, 2.75) is 12.3 Å². The van der Waals surface area contributed by atoms with Crippen molar-refractivity contribution < 1.29 is 4.79 Å². The Hall–Kier alpha value is -2.08. The molecule has 1 aromatic heterocycles. The summed E-state index contributed by atoms with van der Waals surface area (Å²) in [6.45, 7) is 0. The van der Waals surface area contributed by atoms with Crippen LogP contribution in [0.15, 0.2) is 42.5 Å². The number of para-hydroxylation sites is 1. The van der Waals surface area contributed by atoms with Gasteiger partial charge in [-0.3, -0.25) is 14.3 Å². The molecular formula is C17H11Cl3N4O. The molecule has 0 N–H and O–H groups in total. The van der Waals surface area contributed by atoms with E-state index in [2.05, 4.69) is 10.2 Å². The summed E-state index contributed by atoms with van der Waals surface area (Å²) < 4.78 is 1.80. The molecule has 0 aliphatic carbocycles. The molecule has 0 fully saturated rings. The zero-order chi connectivity index (χ0) is 17.6. The average molecular weight is 394 g/mol. The highest BCUT2D eigenvalue weighted by Gasteiger charge is 2.31. The maximum absolute atomic E-state index is 13.0. The normalized spacial score (nSPS) is 13.4. The lowest BCUT2D eigenvalue weighted by Crippen LogP contribution is -2.27. The molecular weight excluding hydrogens is 383 g/mol. The van der Waals surface area contributed by atoms with Gasteiger partial charge in [-0.25, -0.2) is 0 Å². The Morgan fingerprint density at radius 1 is 1.00 bits per heavy atom. The second kappa shape index (κ2) is 6.33. The van der Waals surface area contributed by atoms with Gasteiger partial charge in [0.1, 0.15) is 5.82 Å². The van der Waals surface area contributed by atoms with Crippen molar-refractivity contribution in [1.29, 1.82) is 0 Å². The maximum Gasteiger partial charge on any atom is 0.239 e. The van der Waals surface area contributed by atoms with Crippen molar-refractivity contribution in [1.82, 2.24) is 14.8 Å². The number of anilines is 2. The molecule has 1 aliphatic heterocycles. The van der Waals surface area contributed by atoms with Gasteiger partial charge < -0.3 is 0 Å². The van der Waals surface area contributed by atoms with E-state index in [0.717, 1.165) is 5.69 Å². The molecule has 0 saturated heterocycles. The van der Waals surface area contributed by atoms with Crippen LogP contribution in [0.1, 0.15) is 11.6 Å². The van der Waals surface area contributed by atoms with Crippen LogP contribution in [0.5, 0.6) is 0 Å². The summed E-state index contributed by atoms with van der Waals surface area (Å²) in [6.07, 6.45) is 0.0708. The number of aromatic nitrogens is 3. The summed E-state index contributed by atoms with van der Waals surface area (Å²) in [5.41, 5.74) is 1.92. The van der Waals surface area contributed by atoms with Gasteiger partial charge in [-0.05, 0) is 30.3 Å². The van der Waals surface area contributed by atoms with Crippen LogP contribution in [0, 0.1) is 0 Å². The van der Waals surface area contributed by atoms with Gasteiger partial charge in [-0.1, -0.05) is 35.3 Å². The number of hydrogen-bond acceptors (Lipinski definition) is 3. The van der Waals surface area contributed by atoms with Gasteiger partial charge in [0.15, 0.2) is 5.82 Å². The Balaban J connectivity index is 2.03. The zero-order valence-corrected chi connectivity index (χ0v) is 15.1. The van der Waals surface area contributed by atoms with E-state index in [-0.39, 0.29) is 18.2 Å². The number of halogens is 3. The molecule has 0 spiro atoms. The van der Waals surface area contributed by atoms with E-state index in [1.807, 2.05) is 18.2 Å². The molecule has 0 saturated carbocycles. The number of alkyl halides is 1. The van der Waals surface area contributed by atoms with Crippen molar-refractivity contribution in [3.05, 3.63) is 64.2 Å². The minimum atomic E-state index is -0.177. The third-order valence-electron chi connectivity index (χ3n) is 3.99. The van der Waals surface area contributed by atoms with Crippen LogP contribution >= 0.6 is 34.8 Å². The topological polar surface area (TPSA) is 51.0 Å². The first-order valence-electron chi connectivity index (χ1n) is 7.46. The fourth-order valence-electron chi connectivity index (χ4n) is 2.94. The lowest BCUT2D eigenvalue weighted by molar-refractivity contribution is -0.117. The first-order chi connectivity index (χ1) is 12.1. The summed E-state index contributed by atoms with van der Waals surface area (Å²) in [5, 5.41) is 9.18. The molecule has 0 radical (unpaired) electrons. The number of amides is 1. The fourth-order valence-corrected chi connectivity index (χ4v) is 3.50. The monoisotopic (exact) mass is 392 g/mol. The summed E-state index contributed by atoms with van der Waals surface area (Å²) in [6, 6.07) is 12.5. The Bertz CT molecular complexity index is 986. The van der Waals surface area contributed by atoms with E-state index < -0.39 is 0 Å². The first-order valence-corrected chi connectivity index (χ1v) is 8.75.